The predicted octanol–water partition coefficient (Wildman–Crippen LogP) is 7.28. The van der Waals surface area contributed by atoms with Gasteiger partial charge in [-0.25, -0.2) is 0 Å². The molecule has 1 fully saturated rings. The Morgan fingerprint density at radius 1 is 0.864 bits per heavy atom. The number of piperazine rings is 1. The van der Waals surface area contributed by atoms with Crippen LogP contribution in [0.25, 0.3) is 11.1 Å². The summed E-state index contributed by atoms with van der Waals surface area (Å²) in [6, 6.07) is 26.2. The molecule has 10 heteroatoms. The molecule has 44 heavy (non-hydrogen) atoms. The molecular formula is C34H32ClF3N4O2. The Bertz CT molecular complexity index is 1610. The van der Waals surface area contributed by atoms with Crippen molar-refractivity contribution in [3.63, 3.8) is 0 Å². The van der Waals surface area contributed by atoms with Crippen LogP contribution in [0, 0.1) is 0 Å². The number of nitrogens with zero attached hydrogens (tertiary/aromatic N) is 2. The van der Waals surface area contributed by atoms with Gasteiger partial charge in [0.15, 0.2) is 0 Å². The van der Waals surface area contributed by atoms with Crippen LogP contribution < -0.4 is 15.5 Å². The number of halogens is 4. The molecule has 1 heterocycles. The summed E-state index contributed by atoms with van der Waals surface area (Å²) in [5.74, 6) is -0.430. The molecule has 0 saturated carbocycles. The molecule has 0 spiro atoms. The Labute approximate surface area is 259 Å². The van der Waals surface area contributed by atoms with Crippen molar-refractivity contribution in [1.82, 2.24) is 10.2 Å². The summed E-state index contributed by atoms with van der Waals surface area (Å²) in [5.41, 5.74) is 2.85. The van der Waals surface area contributed by atoms with Crippen LogP contribution in [0.3, 0.4) is 0 Å². The third kappa shape index (κ3) is 7.06. The van der Waals surface area contributed by atoms with Crippen molar-refractivity contribution in [2.45, 2.75) is 19.1 Å². The van der Waals surface area contributed by atoms with E-state index in [1.807, 2.05) is 43.3 Å². The molecule has 2 amide bonds. The highest BCUT2D eigenvalue weighted by molar-refractivity contribution is 6.33. The number of carbonyl (C=O) groups excluding carboxylic acids is 2. The number of anilines is 2. The maximum atomic E-state index is 13.3. The molecule has 1 saturated heterocycles. The lowest BCUT2D eigenvalue weighted by Gasteiger charge is -2.40. The second-order valence-electron chi connectivity index (χ2n) is 10.5. The number of hydrogen-bond acceptors (Lipinski definition) is 4. The van der Waals surface area contributed by atoms with Gasteiger partial charge in [0.1, 0.15) is 6.04 Å². The molecule has 4 aromatic rings. The second-order valence-corrected chi connectivity index (χ2v) is 10.9. The van der Waals surface area contributed by atoms with Gasteiger partial charge in [0.2, 0.25) is 5.91 Å². The Kier molecular flexibility index (Phi) is 9.56. The van der Waals surface area contributed by atoms with Crippen molar-refractivity contribution in [2.75, 3.05) is 42.9 Å². The Morgan fingerprint density at radius 2 is 1.52 bits per heavy atom. The molecule has 6 nitrogen and oxygen atoms in total. The zero-order chi connectivity index (χ0) is 31.3. The van der Waals surface area contributed by atoms with E-state index in [2.05, 4.69) is 20.4 Å². The third-order valence-electron chi connectivity index (χ3n) is 7.64. The van der Waals surface area contributed by atoms with Crippen LogP contribution in [0.5, 0.6) is 0 Å². The van der Waals surface area contributed by atoms with Gasteiger partial charge in [-0.15, -0.1) is 0 Å². The zero-order valence-electron chi connectivity index (χ0n) is 24.1. The van der Waals surface area contributed by atoms with Crippen LogP contribution in [0.2, 0.25) is 5.02 Å². The fraction of sp³-hybridized carbons (Fsp3) is 0.235. The highest BCUT2D eigenvalue weighted by Gasteiger charge is 2.31. The molecule has 228 valence electrons. The van der Waals surface area contributed by atoms with Crippen molar-refractivity contribution < 1.29 is 22.8 Å². The van der Waals surface area contributed by atoms with Gasteiger partial charge < -0.3 is 15.5 Å². The van der Waals surface area contributed by atoms with Crippen LogP contribution in [-0.2, 0) is 11.0 Å². The lowest BCUT2D eigenvalue weighted by molar-refractivity contribution is -0.137. The van der Waals surface area contributed by atoms with Gasteiger partial charge in [0.25, 0.3) is 5.91 Å². The number of amides is 2. The van der Waals surface area contributed by atoms with Crippen LogP contribution in [-0.4, -0.2) is 49.4 Å². The number of carbonyl (C=O) groups is 2. The van der Waals surface area contributed by atoms with Gasteiger partial charge in [-0.1, -0.05) is 72.3 Å². The van der Waals surface area contributed by atoms with Gasteiger partial charge >= 0.3 is 6.18 Å². The molecule has 1 aliphatic rings. The molecular weight excluding hydrogens is 589 g/mol. The molecule has 5 rings (SSSR count). The smallest absolute Gasteiger partial charge is 0.368 e. The van der Waals surface area contributed by atoms with Crippen LogP contribution >= 0.6 is 11.6 Å². The van der Waals surface area contributed by atoms with Gasteiger partial charge in [-0.2, -0.15) is 13.2 Å². The summed E-state index contributed by atoms with van der Waals surface area (Å²) in [4.78, 5) is 30.6. The molecule has 1 atom stereocenters. The number of benzene rings is 4. The average molecular weight is 621 g/mol. The molecule has 0 bridgehead atoms. The van der Waals surface area contributed by atoms with E-state index in [0.29, 0.717) is 60.1 Å². The Hall–Kier alpha value is -4.34. The minimum atomic E-state index is -4.44. The van der Waals surface area contributed by atoms with Crippen molar-refractivity contribution in [3.8, 4) is 11.1 Å². The molecule has 1 aliphatic heterocycles. The largest absolute Gasteiger partial charge is 0.416 e. The summed E-state index contributed by atoms with van der Waals surface area (Å²) < 4.78 is 39.1. The predicted molar refractivity (Wildman–Crippen MR) is 168 cm³/mol. The van der Waals surface area contributed by atoms with E-state index in [1.165, 1.54) is 12.1 Å². The van der Waals surface area contributed by atoms with Gasteiger partial charge in [0.05, 0.1) is 16.3 Å². The maximum absolute atomic E-state index is 13.3. The maximum Gasteiger partial charge on any atom is 0.416 e. The summed E-state index contributed by atoms with van der Waals surface area (Å²) >= 11 is 6.69. The fourth-order valence-electron chi connectivity index (χ4n) is 5.47. The van der Waals surface area contributed by atoms with Gasteiger partial charge in [0, 0.05) is 44.0 Å². The van der Waals surface area contributed by atoms with E-state index < -0.39 is 17.6 Å². The second kappa shape index (κ2) is 13.5. The van der Waals surface area contributed by atoms with Crippen molar-refractivity contribution >= 4 is 34.8 Å². The molecule has 1 unspecified atom stereocenters. The normalized spacial score (nSPS) is 14.6. The summed E-state index contributed by atoms with van der Waals surface area (Å²) in [6.45, 7) is 5.10. The van der Waals surface area contributed by atoms with Crippen molar-refractivity contribution in [1.29, 1.82) is 0 Å². The van der Waals surface area contributed by atoms with Gasteiger partial charge in [-0.3, -0.25) is 14.5 Å². The van der Waals surface area contributed by atoms with E-state index >= 15 is 0 Å². The number of hydrogen-bond donors (Lipinski definition) is 2. The van der Waals surface area contributed by atoms with Crippen molar-refractivity contribution in [3.05, 3.63) is 119 Å². The first-order chi connectivity index (χ1) is 21.2. The summed E-state index contributed by atoms with van der Waals surface area (Å²) in [6.07, 6.45) is -4.44. The lowest BCUT2D eigenvalue weighted by Crippen LogP contribution is -2.51. The van der Waals surface area contributed by atoms with E-state index in [4.69, 9.17) is 11.6 Å². The molecule has 0 radical (unpaired) electrons. The van der Waals surface area contributed by atoms with Crippen LogP contribution in [0.1, 0.15) is 34.5 Å². The monoisotopic (exact) mass is 620 g/mol. The minimum Gasteiger partial charge on any atom is -0.368 e. The number of nitrogens with one attached hydrogen (secondary N) is 2. The zero-order valence-corrected chi connectivity index (χ0v) is 24.8. The molecule has 0 aromatic heterocycles. The van der Waals surface area contributed by atoms with Crippen molar-refractivity contribution in [2.24, 2.45) is 0 Å². The lowest BCUT2D eigenvalue weighted by atomic mass is 9.98. The quantitative estimate of drug-likeness (QED) is 0.217. The summed E-state index contributed by atoms with van der Waals surface area (Å²) in [7, 11) is 0. The first-order valence-electron chi connectivity index (χ1n) is 14.3. The van der Waals surface area contributed by atoms with E-state index in [9.17, 15) is 22.8 Å². The SMILES string of the molecule is CCNC(=O)C(c1ccccc1)N1CCN(c2ccc(NC(=O)c3ccccc3-c3ccc(C(F)(F)F)cc3)cc2Cl)CC1. The van der Waals surface area contributed by atoms with E-state index in [-0.39, 0.29) is 11.9 Å². The number of likely N-dealkylation sites (N-methyl/N-ethyl adjacent to an activating group) is 1. The van der Waals surface area contributed by atoms with Crippen LogP contribution in [0.4, 0.5) is 24.5 Å². The first kappa shape index (κ1) is 31.1. The molecule has 4 aromatic carbocycles. The Balaban J connectivity index is 1.26. The molecule has 0 aliphatic carbocycles. The van der Waals surface area contributed by atoms with Gasteiger partial charge in [-0.05, 0) is 60.0 Å². The Morgan fingerprint density at radius 3 is 2.16 bits per heavy atom. The minimum absolute atomic E-state index is 0.0230. The van der Waals surface area contributed by atoms with E-state index in [1.54, 1.807) is 36.4 Å². The number of rotatable bonds is 8. The molecule has 2 N–H and O–H groups in total. The standard InChI is InChI=1S/C34H32ClF3N4O2/c1-2-39-33(44)31(24-8-4-3-5-9-24)42-20-18-41(19-21-42)30-17-16-26(22-29(30)35)40-32(43)28-11-7-6-10-27(28)23-12-14-25(15-13-23)34(36,37)38/h3-17,22,31H,2,18-21H2,1H3,(H,39,44)(H,40,43). The third-order valence-corrected chi connectivity index (χ3v) is 7.94. The fourth-order valence-corrected chi connectivity index (χ4v) is 5.77. The average Bonchev–Trinajstić information content (AvgIpc) is 3.02. The summed E-state index contributed by atoms with van der Waals surface area (Å²) in [5, 5.41) is 6.29. The first-order valence-corrected chi connectivity index (χ1v) is 14.7. The van der Waals surface area contributed by atoms with E-state index in [0.717, 1.165) is 23.4 Å². The highest BCUT2D eigenvalue weighted by Crippen LogP contribution is 2.34. The number of alkyl halides is 3. The van der Waals surface area contributed by atoms with Crippen LogP contribution in [0.15, 0.2) is 97.1 Å². The highest BCUT2D eigenvalue weighted by atomic mass is 35.5. The topological polar surface area (TPSA) is 64.7 Å².